The molecule has 1 aromatic carbocycles. The van der Waals surface area contributed by atoms with E-state index in [1.807, 2.05) is 12.1 Å². The number of aromatic nitrogens is 4. The summed E-state index contributed by atoms with van der Waals surface area (Å²) in [5, 5.41) is 7.15. The average molecular weight is 491 g/mol. The Bertz CT molecular complexity index is 1630. The van der Waals surface area contributed by atoms with Gasteiger partial charge in [0, 0.05) is 30.5 Å². The van der Waals surface area contributed by atoms with Crippen molar-refractivity contribution in [3.8, 4) is 0 Å². The van der Waals surface area contributed by atoms with Crippen LogP contribution in [-0.4, -0.2) is 43.7 Å². The summed E-state index contributed by atoms with van der Waals surface area (Å²) >= 11 is 0. The monoisotopic (exact) mass is 490 g/mol. The maximum Gasteiger partial charge on any atom is 0.323 e. The smallest absolute Gasteiger partial charge is 0.323 e. The van der Waals surface area contributed by atoms with Gasteiger partial charge in [-0.15, -0.1) is 0 Å². The number of carbonyl (C=O) groups excluding carboxylic acids is 1. The van der Waals surface area contributed by atoms with Crippen LogP contribution in [0.4, 0.5) is 20.2 Å². The second-order valence-corrected chi connectivity index (χ2v) is 9.58. The number of allylic oxidation sites excluding steroid dienone is 3. The quantitative estimate of drug-likeness (QED) is 0.388. The van der Waals surface area contributed by atoms with E-state index in [0.29, 0.717) is 39.9 Å². The minimum atomic E-state index is -1.57. The SMILES string of the molecule is CC1(F)C=CC(F)=C([C@H]2CCCN2c2ccn3ncc(C(=O)Nc4ccc5[nH]c(=O)[nH]c5c4)c3c2)C1. The minimum absolute atomic E-state index is 0.0236. The maximum atomic E-state index is 14.7. The first-order valence-electron chi connectivity index (χ1n) is 11.8. The molecule has 0 bridgehead atoms. The largest absolute Gasteiger partial charge is 0.365 e. The van der Waals surface area contributed by atoms with Crippen LogP contribution in [0.3, 0.4) is 0 Å². The Morgan fingerprint density at radius 2 is 2.06 bits per heavy atom. The van der Waals surface area contributed by atoms with E-state index in [1.165, 1.54) is 25.3 Å². The number of nitrogens with zero attached hydrogens (tertiary/aromatic N) is 3. The van der Waals surface area contributed by atoms with E-state index in [9.17, 15) is 18.4 Å². The first-order chi connectivity index (χ1) is 17.3. The van der Waals surface area contributed by atoms with E-state index in [2.05, 4.69) is 25.3 Å². The van der Waals surface area contributed by atoms with Crippen LogP contribution in [0.25, 0.3) is 16.6 Å². The molecule has 1 saturated heterocycles. The minimum Gasteiger partial charge on any atom is -0.365 e. The molecular formula is C26H24F2N6O2. The van der Waals surface area contributed by atoms with E-state index in [-0.39, 0.29) is 29.9 Å². The fourth-order valence-electron chi connectivity index (χ4n) is 5.22. The molecule has 1 aliphatic heterocycles. The van der Waals surface area contributed by atoms with Crippen LogP contribution in [0.2, 0.25) is 0 Å². The van der Waals surface area contributed by atoms with Crippen molar-refractivity contribution in [1.82, 2.24) is 19.6 Å². The number of aromatic amines is 2. The second-order valence-electron chi connectivity index (χ2n) is 9.58. The molecule has 1 unspecified atom stereocenters. The van der Waals surface area contributed by atoms with Crippen molar-refractivity contribution in [2.24, 2.45) is 0 Å². The number of halogens is 2. The number of anilines is 2. The lowest BCUT2D eigenvalue weighted by molar-refractivity contribution is 0.102. The van der Waals surface area contributed by atoms with Crippen LogP contribution < -0.4 is 15.9 Å². The highest BCUT2D eigenvalue weighted by atomic mass is 19.1. The van der Waals surface area contributed by atoms with E-state index in [4.69, 9.17) is 0 Å². The zero-order valence-corrected chi connectivity index (χ0v) is 19.5. The molecule has 36 heavy (non-hydrogen) atoms. The van der Waals surface area contributed by atoms with Crippen molar-refractivity contribution in [2.75, 3.05) is 16.8 Å². The van der Waals surface area contributed by atoms with E-state index < -0.39 is 5.67 Å². The molecule has 1 amide bonds. The summed E-state index contributed by atoms with van der Waals surface area (Å²) in [6.07, 6.45) is 7.38. The summed E-state index contributed by atoms with van der Waals surface area (Å²) in [7, 11) is 0. The van der Waals surface area contributed by atoms with Crippen molar-refractivity contribution in [3.05, 3.63) is 82.3 Å². The first-order valence-corrected chi connectivity index (χ1v) is 11.8. The fourth-order valence-corrected chi connectivity index (χ4v) is 5.22. The highest BCUT2D eigenvalue weighted by Crippen LogP contribution is 2.39. The number of nitrogens with one attached hydrogen (secondary N) is 3. The van der Waals surface area contributed by atoms with Crippen molar-refractivity contribution in [1.29, 1.82) is 0 Å². The average Bonchev–Trinajstić information content (AvgIpc) is 3.57. The third-order valence-corrected chi connectivity index (χ3v) is 6.93. The molecule has 1 fully saturated rings. The number of pyridine rings is 1. The van der Waals surface area contributed by atoms with Gasteiger partial charge in [-0.05, 0) is 67.8 Å². The van der Waals surface area contributed by atoms with Gasteiger partial charge in [-0.2, -0.15) is 5.10 Å². The van der Waals surface area contributed by atoms with Crippen molar-refractivity contribution in [3.63, 3.8) is 0 Å². The number of hydrogen-bond acceptors (Lipinski definition) is 4. The Morgan fingerprint density at radius 3 is 2.92 bits per heavy atom. The summed E-state index contributed by atoms with van der Waals surface area (Å²) < 4.78 is 31.0. The standard InChI is InChI=1S/C26H24F2N6O2/c1-26(28)8-6-19(27)17(13-26)22-3-2-9-33(22)16-7-10-34-23(12-16)18(14-29-34)24(35)30-15-4-5-20-21(11-15)32-25(36)31-20/h4-8,10-12,14,22H,2-3,9,13H2,1H3,(H,30,35)(H2,31,32,36)/t22-,26?/m1/s1. The van der Waals surface area contributed by atoms with Crippen LogP contribution in [0.1, 0.15) is 36.5 Å². The van der Waals surface area contributed by atoms with Crippen LogP contribution >= 0.6 is 0 Å². The lowest BCUT2D eigenvalue weighted by atomic mass is 9.87. The van der Waals surface area contributed by atoms with Gasteiger partial charge in [0.1, 0.15) is 11.5 Å². The molecule has 3 aromatic heterocycles. The van der Waals surface area contributed by atoms with E-state index >= 15 is 0 Å². The van der Waals surface area contributed by atoms with Crippen LogP contribution in [0, 0.1) is 0 Å². The van der Waals surface area contributed by atoms with Gasteiger partial charge in [0.2, 0.25) is 0 Å². The molecule has 4 heterocycles. The maximum absolute atomic E-state index is 14.7. The summed E-state index contributed by atoms with van der Waals surface area (Å²) in [5.41, 5.74) is 2.13. The molecule has 184 valence electrons. The second kappa shape index (κ2) is 8.18. The van der Waals surface area contributed by atoms with Crippen LogP contribution in [0.15, 0.2) is 71.1 Å². The first kappa shape index (κ1) is 22.3. The van der Waals surface area contributed by atoms with Crippen molar-refractivity contribution in [2.45, 2.75) is 37.9 Å². The third kappa shape index (κ3) is 3.88. The molecule has 4 aromatic rings. The lowest BCUT2D eigenvalue weighted by Gasteiger charge is -2.33. The van der Waals surface area contributed by atoms with E-state index in [1.54, 1.807) is 28.9 Å². The number of alkyl halides is 1. The van der Waals surface area contributed by atoms with Crippen molar-refractivity contribution >= 4 is 33.8 Å². The Kier molecular flexibility index (Phi) is 5.06. The molecule has 2 atom stereocenters. The van der Waals surface area contributed by atoms with Gasteiger partial charge in [-0.25, -0.2) is 18.1 Å². The normalized spacial score (nSPS) is 22.2. The molecular weight excluding hydrogens is 466 g/mol. The summed E-state index contributed by atoms with van der Waals surface area (Å²) in [6.45, 7) is 2.17. The number of hydrogen-bond donors (Lipinski definition) is 3. The number of imidazole rings is 1. The van der Waals surface area contributed by atoms with Gasteiger partial charge in [0.05, 0.1) is 34.4 Å². The highest BCUT2D eigenvalue weighted by molar-refractivity contribution is 6.09. The van der Waals surface area contributed by atoms with Crippen LogP contribution in [0.5, 0.6) is 0 Å². The molecule has 8 nitrogen and oxygen atoms in total. The zero-order valence-electron chi connectivity index (χ0n) is 19.5. The van der Waals surface area contributed by atoms with Crippen molar-refractivity contribution < 1.29 is 13.6 Å². The lowest BCUT2D eigenvalue weighted by Crippen LogP contribution is -2.34. The number of rotatable bonds is 4. The number of benzene rings is 1. The Morgan fingerprint density at radius 1 is 1.22 bits per heavy atom. The fraction of sp³-hybridized carbons (Fsp3) is 0.269. The molecule has 0 spiro atoms. The predicted octanol–water partition coefficient (Wildman–Crippen LogP) is 4.64. The molecule has 1 aliphatic carbocycles. The number of carbonyl (C=O) groups is 1. The van der Waals surface area contributed by atoms with Gasteiger partial charge >= 0.3 is 5.69 Å². The summed E-state index contributed by atoms with van der Waals surface area (Å²) in [6, 6.07) is 8.58. The Balaban J connectivity index is 1.30. The summed E-state index contributed by atoms with van der Waals surface area (Å²) in [5.74, 6) is -0.718. The molecule has 10 heteroatoms. The van der Waals surface area contributed by atoms with Crippen LogP contribution in [-0.2, 0) is 0 Å². The molecule has 0 saturated carbocycles. The summed E-state index contributed by atoms with van der Waals surface area (Å²) in [4.78, 5) is 32.1. The molecule has 6 rings (SSSR count). The highest BCUT2D eigenvalue weighted by Gasteiger charge is 2.36. The van der Waals surface area contributed by atoms with Gasteiger partial charge in [0.15, 0.2) is 0 Å². The van der Waals surface area contributed by atoms with Gasteiger partial charge in [0.25, 0.3) is 5.91 Å². The van der Waals surface area contributed by atoms with E-state index in [0.717, 1.165) is 18.5 Å². The van der Waals surface area contributed by atoms with Gasteiger partial charge in [-0.3, -0.25) is 4.79 Å². The topological polar surface area (TPSA) is 98.3 Å². The molecule has 0 radical (unpaired) electrons. The predicted molar refractivity (Wildman–Crippen MR) is 134 cm³/mol. The number of fused-ring (bicyclic) bond motifs is 2. The molecule has 2 aliphatic rings. The Hall–Kier alpha value is -4.21. The van der Waals surface area contributed by atoms with Gasteiger partial charge < -0.3 is 20.2 Å². The zero-order chi connectivity index (χ0) is 25.0. The number of H-pyrrole nitrogens is 2. The Labute approximate surface area is 204 Å². The van der Waals surface area contributed by atoms with Gasteiger partial charge in [-0.1, -0.05) is 0 Å². The third-order valence-electron chi connectivity index (χ3n) is 6.93. The molecule has 3 N–H and O–H groups in total. The number of amides is 1.